The smallest absolute Gasteiger partial charge is 0.192 e. The highest BCUT2D eigenvalue weighted by Crippen LogP contribution is 2.32. The van der Waals surface area contributed by atoms with E-state index < -0.39 is 0 Å². The zero-order valence-corrected chi connectivity index (χ0v) is 14.0. The van der Waals surface area contributed by atoms with Gasteiger partial charge in [-0.1, -0.05) is 11.6 Å². The molecular formula is C14H15ClFN3OS2. The molecule has 8 heteroatoms. The first-order valence-corrected chi connectivity index (χ1v) is 8.93. The second kappa shape index (κ2) is 7.50. The van der Waals surface area contributed by atoms with Gasteiger partial charge in [-0.2, -0.15) is 0 Å². The predicted molar refractivity (Wildman–Crippen MR) is 90.4 cm³/mol. The Balaban J connectivity index is 1.62. The van der Waals surface area contributed by atoms with Crippen molar-refractivity contribution >= 4 is 45.7 Å². The van der Waals surface area contributed by atoms with Crippen LogP contribution in [0.25, 0.3) is 0 Å². The number of nitrogens with zero attached hydrogens (tertiary/aromatic N) is 1. The Kier molecular flexibility index (Phi) is 5.41. The van der Waals surface area contributed by atoms with Gasteiger partial charge in [0.15, 0.2) is 5.13 Å². The van der Waals surface area contributed by atoms with E-state index in [1.165, 1.54) is 17.4 Å². The van der Waals surface area contributed by atoms with Crippen LogP contribution in [0.2, 0.25) is 5.02 Å². The molecule has 1 aliphatic rings. The van der Waals surface area contributed by atoms with E-state index in [9.17, 15) is 4.39 Å². The monoisotopic (exact) mass is 359 g/mol. The lowest BCUT2D eigenvalue weighted by Gasteiger charge is -2.13. The summed E-state index contributed by atoms with van der Waals surface area (Å²) in [7, 11) is 0. The van der Waals surface area contributed by atoms with Crippen LogP contribution in [0.5, 0.6) is 0 Å². The van der Waals surface area contributed by atoms with Crippen molar-refractivity contribution < 1.29 is 9.13 Å². The SMILES string of the molecule is Fc1cc(NCC2CCOC2)c(Cl)cc1SNc1nccs1. The molecule has 2 heterocycles. The van der Waals surface area contributed by atoms with Gasteiger partial charge in [-0.3, -0.25) is 0 Å². The molecule has 0 aliphatic carbocycles. The number of hydrogen-bond donors (Lipinski definition) is 2. The summed E-state index contributed by atoms with van der Waals surface area (Å²) < 4.78 is 22.5. The summed E-state index contributed by atoms with van der Waals surface area (Å²) in [5.41, 5.74) is 0.615. The van der Waals surface area contributed by atoms with Crippen LogP contribution in [0.15, 0.2) is 28.6 Å². The van der Waals surface area contributed by atoms with Gasteiger partial charge in [0.2, 0.25) is 0 Å². The highest BCUT2D eigenvalue weighted by Gasteiger charge is 2.16. The Hall–Kier alpha value is -1.02. The standard InChI is InChI=1S/C14H15ClFN3OS2/c15-10-5-13(22-19-14-17-2-4-21-14)11(16)6-12(10)18-7-9-1-3-20-8-9/h2,4-6,9,18H,1,3,7-8H2,(H,17,19). The van der Waals surface area contributed by atoms with Crippen LogP contribution in [0, 0.1) is 11.7 Å². The summed E-state index contributed by atoms with van der Waals surface area (Å²) >= 11 is 8.85. The molecule has 1 saturated heterocycles. The maximum absolute atomic E-state index is 14.2. The van der Waals surface area contributed by atoms with Crippen molar-refractivity contribution in [3.63, 3.8) is 0 Å². The van der Waals surface area contributed by atoms with Gasteiger partial charge in [0.1, 0.15) is 5.82 Å². The zero-order valence-electron chi connectivity index (χ0n) is 11.6. The van der Waals surface area contributed by atoms with E-state index in [2.05, 4.69) is 15.0 Å². The fraction of sp³-hybridized carbons (Fsp3) is 0.357. The maximum Gasteiger partial charge on any atom is 0.192 e. The number of halogens is 2. The molecule has 1 unspecified atom stereocenters. The first kappa shape index (κ1) is 15.9. The third-order valence-corrected chi connectivity index (χ3v) is 5.27. The van der Waals surface area contributed by atoms with Crippen molar-refractivity contribution in [2.24, 2.45) is 5.92 Å². The summed E-state index contributed by atoms with van der Waals surface area (Å²) in [6.07, 6.45) is 2.72. The minimum atomic E-state index is -0.316. The molecule has 4 nitrogen and oxygen atoms in total. The van der Waals surface area contributed by atoms with Crippen molar-refractivity contribution in [2.45, 2.75) is 11.3 Å². The van der Waals surface area contributed by atoms with E-state index in [0.29, 0.717) is 21.5 Å². The van der Waals surface area contributed by atoms with Crippen LogP contribution >= 0.6 is 34.9 Å². The lowest BCUT2D eigenvalue weighted by molar-refractivity contribution is 0.187. The van der Waals surface area contributed by atoms with Gasteiger partial charge in [-0.05, 0) is 30.5 Å². The first-order chi connectivity index (χ1) is 10.7. The van der Waals surface area contributed by atoms with Gasteiger partial charge in [0.25, 0.3) is 0 Å². The van der Waals surface area contributed by atoms with Gasteiger partial charge in [-0.25, -0.2) is 9.37 Å². The lowest BCUT2D eigenvalue weighted by atomic mass is 10.1. The number of hydrogen-bond acceptors (Lipinski definition) is 6. The summed E-state index contributed by atoms with van der Waals surface area (Å²) in [6, 6.07) is 3.06. The van der Waals surface area contributed by atoms with Gasteiger partial charge in [0.05, 0.1) is 22.2 Å². The third kappa shape index (κ3) is 4.04. The number of ether oxygens (including phenoxy) is 1. The molecule has 22 heavy (non-hydrogen) atoms. The minimum Gasteiger partial charge on any atom is -0.383 e. The molecule has 118 valence electrons. The minimum absolute atomic E-state index is 0.316. The Bertz CT molecular complexity index is 621. The van der Waals surface area contributed by atoms with Crippen molar-refractivity contribution in [1.29, 1.82) is 0 Å². The largest absolute Gasteiger partial charge is 0.383 e. The fourth-order valence-corrected chi connectivity index (χ4v) is 3.68. The van der Waals surface area contributed by atoms with Gasteiger partial charge in [0, 0.05) is 30.6 Å². The van der Waals surface area contributed by atoms with Crippen LogP contribution < -0.4 is 10.0 Å². The van der Waals surface area contributed by atoms with E-state index in [1.54, 1.807) is 12.3 Å². The summed E-state index contributed by atoms with van der Waals surface area (Å²) in [4.78, 5) is 4.52. The molecule has 0 radical (unpaired) electrons. The van der Waals surface area contributed by atoms with Crippen molar-refractivity contribution in [3.05, 3.63) is 34.5 Å². The first-order valence-electron chi connectivity index (χ1n) is 6.85. The molecular weight excluding hydrogens is 345 g/mol. The molecule has 1 aromatic heterocycles. The lowest BCUT2D eigenvalue weighted by Crippen LogP contribution is -2.14. The topological polar surface area (TPSA) is 46.2 Å². The summed E-state index contributed by atoms with van der Waals surface area (Å²) in [5, 5.41) is 6.28. The molecule has 1 aromatic carbocycles. The fourth-order valence-electron chi connectivity index (χ4n) is 2.11. The van der Waals surface area contributed by atoms with Crippen LogP contribution in [-0.4, -0.2) is 24.7 Å². The Morgan fingerprint density at radius 2 is 2.41 bits per heavy atom. The molecule has 0 saturated carbocycles. The molecule has 2 N–H and O–H groups in total. The second-order valence-corrected chi connectivity index (χ2v) is 7.06. The molecule has 1 atom stereocenters. The van der Waals surface area contributed by atoms with E-state index in [0.717, 1.165) is 43.3 Å². The zero-order chi connectivity index (χ0) is 15.4. The van der Waals surface area contributed by atoms with Gasteiger partial charge < -0.3 is 14.8 Å². The van der Waals surface area contributed by atoms with Crippen molar-refractivity contribution in [2.75, 3.05) is 29.8 Å². The number of benzene rings is 1. The second-order valence-electron chi connectivity index (χ2n) is 4.91. The quantitative estimate of drug-likeness (QED) is 0.743. The Morgan fingerprint density at radius 1 is 1.50 bits per heavy atom. The number of nitrogens with one attached hydrogen (secondary N) is 2. The predicted octanol–water partition coefficient (Wildman–Crippen LogP) is 4.50. The van der Waals surface area contributed by atoms with E-state index >= 15 is 0 Å². The van der Waals surface area contributed by atoms with E-state index in [-0.39, 0.29) is 5.82 Å². The highest BCUT2D eigenvalue weighted by atomic mass is 35.5. The van der Waals surface area contributed by atoms with E-state index in [4.69, 9.17) is 16.3 Å². The molecule has 0 spiro atoms. The van der Waals surface area contributed by atoms with Gasteiger partial charge in [-0.15, -0.1) is 11.3 Å². The average molecular weight is 360 g/mol. The van der Waals surface area contributed by atoms with Crippen molar-refractivity contribution in [1.82, 2.24) is 4.98 Å². The van der Waals surface area contributed by atoms with Crippen LogP contribution in [0.3, 0.4) is 0 Å². The average Bonchev–Trinajstić information content (AvgIpc) is 3.19. The summed E-state index contributed by atoms with van der Waals surface area (Å²) in [5.74, 6) is 0.142. The summed E-state index contributed by atoms with van der Waals surface area (Å²) in [6.45, 7) is 2.29. The van der Waals surface area contributed by atoms with Crippen molar-refractivity contribution in [3.8, 4) is 0 Å². The molecule has 0 bridgehead atoms. The molecule has 2 aromatic rings. The normalized spacial score (nSPS) is 17.6. The molecule has 1 fully saturated rings. The molecule has 3 rings (SSSR count). The van der Waals surface area contributed by atoms with Crippen LogP contribution in [0.4, 0.5) is 15.2 Å². The number of rotatable bonds is 6. The highest BCUT2D eigenvalue weighted by molar-refractivity contribution is 8.00. The maximum atomic E-state index is 14.2. The third-order valence-electron chi connectivity index (χ3n) is 3.31. The molecule has 1 aliphatic heterocycles. The number of anilines is 2. The Labute approximate surface area is 141 Å². The van der Waals surface area contributed by atoms with E-state index in [1.807, 2.05) is 5.38 Å². The molecule has 0 amide bonds. The number of aromatic nitrogens is 1. The Morgan fingerprint density at radius 3 is 3.14 bits per heavy atom. The van der Waals surface area contributed by atoms with Gasteiger partial charge >= 0.3 is 0 Å². The number of thiazole rings is 1. The van der Waals surface area contributed by atoms with Crippen LogP contribution in [0.1, 0.15) is 6.42 Å². The van der Waals surface area contributed by atoms with Crippen LogP contribution in [-0.2, 0) is 4.74 Å².